The van der Waals surface area contributed by atoms with Crippen molar-refractivity contribution in [3.8, 4) is 0 Å². The summed E-state index contributed by atoms with van der Waals surface area (Å²) in [4.78, 5) is 0. The smallest absolute Gasteiger partial charge is 0.125 e. The lowest BCUT2D eigenvalue weighted by molar-refractivity contribution is 0.628. The molecule has 19 heavy (non-hydrogen) atoms. The van der Waals surface area contributed by atoms with Crippen molar-refractivity contribution in [2.75, 3.05) is 5.32 Å². The Morgan fingerprint density at radius 2 is 1.68 bits per heavy atom. The van der Waals surface area contributed by atoms with Crippen molar-refractivity contribution in [2.24, 2.45) is 0 Å². The predicted molar refractivity (Wildman–Crippen MR) is 79.4 cm³/mol. The van der Waals surface area contributed by atoms with E-state index in [-0.39, 0.29) is 11.9 Å². The van der Waals surface area contributed by atoms with Crippen molar-refractivity contribution in [3.05, 3.63) is 63.9 Å². The summed E-state index contributed by atoms with van der Waals surface area (Å²) in [5, 5.41) is 3.78. The van der Waals surface area contributed by atoms with E-state index in [9.17, 15) is 4.39 Å². The van der Waals surface area contributed by atoms with Gasteiger partial charge in [-0.1, -0.05) is 40.9 Å². The molecule has 1 atom stereocenters. The van der Waals surface area contributed by atoms with Gasteiger partial charge >= 0.3 is 0 Å². The van der Waals surface area contributed by atoms with Crippen LogP contribution in [0.3, 0.4) is 0 Å². The highest BCUT2D eigenvalue weighted by Gasteiger charge is 2.09. The Hall–Kier alpha value is -1.54. The Bertz CT molecular complexity index is 575. The molecular formula is C16H17ClFN. The number of hydrogen-bond donors (Lipinski definition) is 1. The summed E-state index contributed by atoms with van der Waals surface area (Å²) in [6.07, 6.45) is 0. The molecule has 2 rings (SSSR count). The average molecular weight is 278 g/mol. The third kappa shape index (κ3) is 3.48. The molecule has 0 aromatic heterocycles. The van der Waals surface area contributed by atoms with Gasteiger partial charge in [0.1, 0.15) is 5.82 Å². The highest BCUT2D eigenvalue weighted by Crippen LogP contribution is 2.27. The average Bonchev–Trinajstić information content (AvgIpc) is 2.32. The summed E-state index contributed by atoms with van der Waals surface area (Å²) >= 11 is 6.06. The number of rotatable bonds is 3. The first kappa shape index (κ1) is 13.9. The fraction of sp³-hybridized carbons (Fsp3) is 0.250. The lowest BCUT2D eigenvalue weighted by atomic mass is 10.0. The van der Waals surface area contributed by atoms with Crippen LogP contribution in [0.4, 0.5) is 10.1 Å². The molecule has 0 fully saturated rings. The van der Waals surface area contributed by atoms with Crippen molar-refractivity contribution < 1.29 is 4.39 Å². The lowest BCUT2D eigenvalue weighted by Crippen LogP contribution is -2.07. The topological polar surface area (TPSA) is 12.0 Å². The van der Waals surface area contributed by atoms with Gasteiger partial charge in [0.15, 0.2) is 0 Å². The van der Waals surface area contributed by atoms with Gasteiger partial charge < -0.3 is 5.32 Å². The van der Waals surface area contributed by atoms with Gasteiger partial charge in [-0.2, -0.15) is 0 Å². The van der Waals surface area contributed by atoms with E-state index in [4.69, 9.17) is 11.6 Å². The van der Waals surface area contributed by atoms with Gasteiger partial charge in [0.25, 0.3) is 0 Å². The molecule has 0 saturated heterocycles. The fourth-order valence-electron chi connectivity index (χ4n) is 2.18. The minimum absolute atomic E-state index is 0.0675. The standard InChI is InChI=1S/C16H17ClFN/c1-10-6-11(2)8-13(7-10)12(3)19-16-9-14(18)4-5-15(16)17/h4-9,12,19H,1-3H3. The van der Waals surface area contributed by atoms with Crippen LogP contribution < -0.4 is 5.32 Å². The molecule has 3 heteroatoms. The molecule has 1 N–H and O–H groups in total. The van der Waals surface area contributed by atoms with Crippen molar-refractivity contribution in [2.45, 2.75) is 26.8 Å². The quantitative estimate of drug-likeness (QED) is 0.806. The molecule has 0 aliphatic rings. The summed E-state index contributed by atoms with van der Waals surface area (Å²) in [5.41, 5.74) is 4.22. The van der Waals surface area contributed by atoms with Gasteiger partial charge in [0.05, 0.1) is 10.7 Å². The van der Waals surface area contributed by atoms with Gasteiger partial charge in [-0.25, -0.2) is 4.39 Å². The molecule has 100 valence electrons. The second-order valence-corrected chi connectivity index (χ2v) is 5.32. The maximum absolute atomic E-state index is 13.2. The molecule has 0 bridgehead atoms. The summed E-state index contributed by atoms with van der Waals surface area (Å²) < 4.78 is 13.2. The Labute approximate surface area is 118 Å². The number of benzene rings is 2. The zero-order valence-electron chi connectivity index (χ0n) is 11.3. The minimum Gasteiger partial charge on any atom is -0.377 e. The zero-order chi connectivity index (χ0) is 14.0. The first-order valence-electron chi connectivity index (χ1n) is 6.25. The van der Waals surface area contributed by atoms with Gasteiger partial charge in [0.2, 0.25) is 0 Å². The SMILES string of the molecule is Cc1cc(C)cc(C(C)Nc2cc(F)ccc2Cl)c1. The lowest BCUT2D eigenvalue weighted by Gasteiger charge is -2.18. The number of aryl methyl sites for hydroxylation is 2. The fourth-order valence-corrected chi connectivity index (χ4v) is 2.36. The number of nitrogens with one attached hydrogen (secondary N) is 1. The Balaban J connectivity index is 2.25. The zero-order valence-corrected chi connectivity index (χ0v) is 12.1. The van der Waals surface area contributed by atoms with Gasteiger partial charge in [-0.05, 0) is 44.5 Å². The second kappa shape index (κ2) is 5.62. The largest absolute Gasteiger partial charge is 0.377 e. The highest BCUT2D eigenvalue weighted by molar-refractivity contribution is 6.33. The molecular weight excluding hydrogens is 261 g/mol. The number of anilines is 1. The second-order valence-electron chi connectivity index (χ2n) is 4.91. The normalized spacial score (nSPS) is 12.3. The van der Waals surface area contributed by atoms with Crippen LogP contribution >= 0.6 is 11.6 Å². The highest BCUT2D eigenvalue weighted by atomic mass is 35.5. The summed E-state index contributed by atoms with van der Waals surface area (Å²) in [6.45, 7) is 6.17. The third-order valence-corrected chi connectivity index (χ3v) is 3.37. The molecule has 0 aliphatic heterocycles. The van der Waals surface area contributed by atoms with Crippen LogP contribution in [0.2, 0.25) is 5.02 Å². The van der Waals surface area contributed by atoms with Crippen LogP contribution in [-0.2, 0) is 0 Å². The van der Waals surface area contributed by atoms with Crippen LogP contribution in [0.5, 0.6) is 0 Å². The maximum Gasteiger partial charge on any atom is 0.125 e. The molecule has 0 aliphatic carbocycles. The monoisotopic (exact) mass is 277 g/mol. The predicted octanol–water partition coefficient (Wildman–Crippen LogP) is 5.27. The molecule has 1 unspecified atom stereocenters. The van der Waals surface area contributed by atoms with Crippen LogP contribution in [0.1, 0.15) is 29.7 Å². The Kier molecular flexibility index (Phi) is 4.11. The van der Waals surface area contributed by atoms with E-state index in [1.807, 2.05) is 6.92 Å². The van der Waals surface area contributed by atoms with Crippen molar-refractivity contribution in [1.29, 1.82) is 0 Å². The summed E-state index contributed by atoms with van der Waals surface area (Å²) in [6, 6.07) is 10.8. The summed E-state index contributed by atoms with van der Waals surface area (Å²) in [5.74, 6) is -0.292. The molecule has 0 radical (unpaired) electrons. The molecule has 0 spiro atoms. The molecule has 0 saturated carbocycles. The molecule has 2 aromatic rings. The minimum atomic E-state index is -0.292. The van der Waals surface area contributed by atoms with Crippen LogP contribution in [-0.4, -0.2) is 0 Å². The van der Waals surface area contributed by atoms with Crippen molar-refractivity contribution in [1.82, 2.24) is 0 Å². The Morgan fingerprint density at radius 1 is 1.05 bits per heavy atom. The molecule has 0 heterocycles. The van der Waals surface area contributed by atoms with E-state index in [1.165, 1.54) is 23.3 Å². The van der Waals surface area contributed by atoms with E-state index >= 15 is 0 Å². The van der Waals surface area contributed by atoms with E-state index in [1.54, 1.807) is 6.07 Å². The third-order valence-electron chi connectivity index (χ3n) is 3.04. The van der Waals surface area contributed by atoms with E-state index < -0.39 is 0 Å². The molecule has 2 aromatic carbocycles. The van der Waals surface area contributed by atoms with Crippen LogP contribution in [0.25, 0.3) is 0 Å². The van der Waals surface area contributed by atoms with Crippen LogP contribution in [0, 0.1) is 19.7 Å². The Morgan fingerprint density at radius 3 is 2.32 bits per heavy atom. The van der Waals surface area contributed by atoms with Crippen molar-refractivity contribution in [3.63, 3.8) is 0 Å². The number of hydrogen-bond acceptors (Lipinski definition) is 1. The van der Waals surface area contributed by atoms with Gasteiger partial charge in [0, 0.05) is 6.04 Å². The van der Waals surface area contributed by atoms with E-state index in [0.29, 0.717) is 10.7 Å². The summed E-state index contributed by atoms with van der Waals surface area (Å²) in [7, 11) is 0. The van der Waals surface area contributed by atoms with Crippen LogP contribution in [0.15, 0.2) is 36.4 Å². The molecule has 1 nitrogen and oxygen atoms in total. The van der Waals surface area contributed by atoms with Gasteiger partial charge in [-0.15, -0.1) is 0 Å². The first-order chi connectivity index (χ1) is 8.95. The van der Waals surface area contributed by atoms with Crippen molar-refractivity contribution >= 4 is 17.3 Å². The maximum atomic E-state index is 13.2. The first-order valence-corrected chi connectivity index (χ1v) is 6.63. The van der Waals surface area contributed by atoms with E-state index in [0.717, 1.165) is 5.56 Å². The van der Waals surface area contributed by atoms with Gasteiger partial charge in [-0.3, -0.25) is 0 Å². The van der Waals surface area contributed by atoms with E-state index in [2.05, 4.69) is 37.4 Å². The number of halogens is 2. The molecule has 0 amide bonds.